The molecule has 0 aliphatic carbocycles. The Morgan fingerprint density at radius 2 is 1.95 bits per heavy atom. The number of rotatable bonds is 4. The van der Waals surface area contributed by atoms with E-state index in [4.69, 9.17) is 5.11 Å². The molecule has 0 spiro atoms. The van der Waals surface area contributed by atoms with Gasteiger partial charge >= 0.3 is 12.3 Å². The molecule has 6 nitrogen and oxygen atoms in total. The van der Waals surface area contributed by atoms with Gasteiger partial charge in [0.15, 0.2) is 0 Å². The zero-order valence-electron chi connectivity index (χ0n) is 10.8. The zero-order chi connectivity index (χ0) is 15.6. The zero-order valence-corrected chi connectivity index (χ0v) is 10.8. The average Bonchev–Trinajstić information content (AvgIpc) is 2.82. The average molecular weight is 301 g/mol. The van der Waals surface area contributed by atoms with Crippen LogP contribution in [-0.2, 0) is 6.42 Å². The monoisotopic (exact) mass is 301 g/mol. The van der Waals surface area contributed by atoms with Gasteiger partial charge in [0, 0.05) is 6.42 Å². The van der Waals surface area contributed by atoms with E-state index < -0.39 is 12.3 Å². The Morgan fingerprint density at radius 3 is 2.43 bits per heavy atom. The van der Waals surface area contributed by atoms with E-state index in [1.165, 1.54) is 16.8 Å². The van der Waals surface area contributed by atoms with Crippen LogP contribution in [-0.4, -0.2) is 32.2 Å². The van der Waals surface area contributed by atoms with Crippen LogP contribution in [0, 0.1) is 0 Å². The summed E-state index contributed by atoms with van der Waals surface area (Å²) in [5.41, 5.74) is 0.390. The largest absolute Gasteiger partial charge is 0.573 e. The number of benzene rings is 1. The molecule has 0 atom stereocenters. The number of nitrogens with zero attached hydrogens (tertiary/aromatic N) is 3. The van der Waals surface area contributed by atoms with Crippen LogP contribution >= 0.6 is 0 Å². The number of ether oxygens (including phenoxy) is 1. The van der Waals surface area contributed by atoms with E-state index in [1.807, 2.05) is 0 Å². The van der Waals surface area contributed by atoms with E-state index in [-0.39, 0.29) is 11.6 Å². The third-order valence-corrected chi connectivity index (χ3v) is 2.50. The SMILES string of the molecule is CCc1nc(C(=O)O)nn1-c1ccc(OC(F)(F)F)cc1. The first-order chi connectivity index (χ1) is 9.80. The van der Waals surface area contributed by atoms with E-state index in [1.54, 1.807) is 6.92 Å². The molecule has 2 rings (SSSR count). The highest BCUT2D eigenvalue weighted by Gasteiger charge is 2.31. The van der Waals surface area contributed by atoms with Crippen molar-refractivity contribution in [2.45, 2.75) is 19.7 Å². The van der Waals surface area contributed by atoms with Gasteiger partial charge in [-0.25, -0.2) is 14.5 Å². The molecule has 0 aliphatic heterocycles. The summed E-state index contributed by atoms with van der Waals surface area (Å²) in [6.07, 6.45) is -4.35. The molecule has 0 aliphatic rings. The highest BCUT2D eigenvalue weighted by Crippen LogP contribution is 2.23. The highest BCUT2D eigenvalue weighted by atomic mass is 19.4. The maximum atomic E-state index is 12.1. The number of hydrogen-bond donors (Lipinski definition) is 1. The number of carboxylic acids is 1. The number of aromatic nitrogens is 3. The standard InChI is InChI=1S/C12H10F3N3O3/c1-2-9-16-10(11(19)20)17-18(9)7-3-5-8(6-4-7)21-12(13,14)15/h3-6H,2H2,1H3,(H,19,20). The molecule has 112 valence electrons. The van der Waals surface area contributed by atoms with Crippen molar-refractivity contribution in [1.82, 2.24) is 14.8 Å². The Bertz CT molecular complexity index is 650. The molecule has 0 saturated heterocycles. The van der Waals surface area contributed by atoms with Crippen LogP contribution in [0.5, 0.6) is 5.75 Å². The molecule has 2 aromatic rings. The van der Waals surface area contributed by atoms with Crippen molar-refractivity contribution < 1.29 is 27.8 Å². The van der Waals surface area contributed by atoms with Gasteiger partial charge in [0.05, 0.1) is 5.69 Å². The van der Waals surface area contributed by atoms with E-state index in [0.29, 0.717) is 17.9 Å². The molecule has 9 heteroatoms. The van der Waals surface area contributed by atoms with Crippen molar-refractivity contribution >= 4 is 5.97 Å². The Labute approximate surface area is 116 Å². The summed E-state index contributed by atoms with van der Waals surface area (Å²) in [7, 11) is 0. The molecule has 0 radical (unpaired) electrons. The lowest BCUT2D eigenvalue weighted by atomic mass is 10.3. The van der Waals surface area contributed by atoms with Crippen molar-refractivity contribution in [3.05, 3.63) is 35.9 Å². The van der Waals surface area contributed by atoms with Crippen molar-refractivity contribution in [2.75, 3.05) is 0 Å². The van der Waals surface area contributed by atoms with E-state index in [9.17, 15) is 18.0 Å². The molecule has 1 heterocycles. The van der Waals surface area contributed by atoms with Gasteiger partial charge in [-0.2, -0.15) is 0 Å². The van der Waals surface area contributed by atoms with Gasteiger partial charge in [-0.1, -0.05) is 6.92 Å². The molecule has 1 N–H and O–H groups in total. The minimum Gasteiger partial charge on any atom is -0.475 e. The van der Waals surface area contributed by atoms with Crippen LogP contribution in [0.25, 0.3) is 5.69 Å². The summed E-state index contributed by atoms with van der Waals surface area (Å²) in [6, 6.07) is 4.90. The first-order valence-electron chi connectivity index (χ1n) is 5.85. The maximum absolute atomic E-state index is 12.1. The summed E-state index contributed by atoms with van der Waals surface area (Å²) >= 11 is 0. The van der Waals surface area contributed by atoms with Crippen LogP contribution in [0.2, 0.25) is 0 Å². The summed E-state index contributed by atoms with van der Waals surface area (Å²) in [5, 5.41) is 12.7. The molecule has 0 fully saturated rings. The molecule has 0 bridgehead atoms. The minimum absolute atomic E-state index is 0.372. The Hall–Kier alpha value is -2.58. The highest BCUT2D eigenvalue weighted by molar-refractivity contribution is 5.83. The molecular formula is C12H10F3N3O3. The Kier molecular flexibility index (Phi) is 3.83. The third kappa shape index (κ3) is 3.50. The van der Waals surface area contributed by atoms with Crippen LogP contribution in [0.3, 0.4) is 0 Å². The lowest BCUT2D eigenvalue weighted by Gasteiger charge is -2.09. The van der Waals surface area contributed by atoms with Gasteiger partial charge in [0.25, 0.3) is 5.82 Å². The van der Waals surface area contributed by atoms with Crippen LogP contribution in [0.15, 0.2) is 24.3 Å². The van der Waals surface area contributed by atoms with E-state index >= 15 is 0 Å². The van der Waals surface area contributed by atoms with E-state index in [2.05, 4.69) is 14.8 Å². The molecule has 0 saturated carbocycles. The molecular weight excluding hydrogens is 291 g/mol. The molecule has 1 aromatic heterocycles. The summed E-state index contributed by atoms with van der Waals surface area (Å²) in [6.45, 7) is 1.76. The Morgan fingerprint density at radius 1 is 1.33 bits per heavy atom. The molecule has 21 heavy (non-hydrogen) atoms. The maximum Gasteiger partial charge on any atom is 0.573 e. The number of aryl methyl sites for hydroxylation is 1. The number of aromatic carboxylic acids is 1. The van der Waals surface area contributed by atoms with Gasteiger partial charge in [0.2, 0.25) is 0 Å². The molecule has 0 amide bonds. The van der Waals surface area contributed by atoms with Gasteiger partial charge in [-0.15, -0.1) is 18.3 Å². The number of hydrogen-bond acceptors (Lipinski definition) is 4. The lowest BCUT2D eigenvalue weighted by Crippen LogP contribution is -2.17. The second-order valence-corrected chi connectivity index (χ2v) is 3.96. The first kappa shape index (κ1) is 14.8. The smallest absolute Gasteiger partial charge is 0.475 e. The van der Waals surface area contributed by atoms with Gasteiger partial charge in [0.1, 0.15) is 11.6 Å². The number of halogens is 3. The normalized spacial score (nSPS) is 11.4. The third-order valence-electron chi connectivity index (χ3n) is 2.50. The van der Waals surface area contributed by atoms with Gasteiger partial charge in [-0.05, 0) is 24.3 Å². The van der Waals surface area contributed by atoms with Crippen molar-refractivity contribution in [3.63, 3.8) is 0 Å². The van der Waals surface area contributed by atoms with Crippen molar-refractivity contribution in [3.8, 4) is 11.4 Å². The van der Waals surface area contributed by atoms with Crippen molar-refractivity contribution in [2.24, 2.45) is 0 Å². The minimum atomic E-state index is -4.76. The second-order valence-electron chi connectivity index (χ2n) is 3.96. The van der Waals surface area contributed by atoms with Gasteiger partial charge < -0.3 is 9.84 Å². The predicted molar refractivity (Wildman–Crippen MR) is 64.4 cm³/mol. The fourth-order valence-corrected chi connectivity index (χ4v) is 1.66. The fourth-order valence-electron chi connectivity index (χ4n) is 1.66. The summed E-state index contributed by atoms with van der Waals surface area (Å²) in [5.74, 6) is -1.64. The lowest BCUT2D eigenvalue weighted by molar-refractivity contribution is -0.274. The van der Waals surface area contributed by atoms with E-state index in [0.717, 1.165) is 12.1 Å². The van der Waals surface area contributed by atoms with Crippen LogP contribution < -0.4 is 4.74 Å². The quantitative estimate of drug-likeness (QED) is 0.938. The van der Waals surface area contributed by atoms with Gasteiger partial charge in [-0.3, -0.25) is 0 Å². The van der Waals surface area contributed by atoms with Crippen molar-refractivity contribution in [1.29, 1.82) is 0 Å². The predicted octanol–water partition coefficient (Wildman–Crippen LogP) is 2.43. The summed E-state index contributed by atoms with van der Waals surface area (Å²) < 4.78 is 41.2. The van der Waals surface area contributed by atoms with Crippen LogP contribution in [0.4, 0.5) is 13.2 Å². The van der Waals surface area contributed by atoms with Crippen LogP contribution in [0.1, 0.15) is 23.4 Å². The number of alkyl halides is 3. The summed E-state index contributed by atoms with van der Waals surface area (Å²) in [4.78, 5) is 14.7. The second kappa shape index (κ2) is 5.43. The number of carbonyl (C=O) groups is 1. The topological polar surface area (TPSA) is 77.2 Å². The fraction of sp³-hybridized carbons (Fsp3) is 0.250. The molecule has 1 aromatic carbocycles. The Balaban J connectivity index is 2.32. The number of carboxylic acid groups (broad SMARTS) is 1. The molecule has 0 unspecified atom stereocenters. The first-order valence-corrected chi connectivity index (χ1v) is 5.85.